The summed E-state index contributed by atoms with van der Waals surface area (Å²) in [7, 11) is 1.65. The molecular weight excluding hydrogens is 499 g/mol. The monoisotopic (exact) mass is 526 g/mol. The van der Waals surface area contributed by atoms with E-state index in [1.807, 2.05) is 24.3 Å². The molecule has 1 unspecified atom stereocenters. The molecule has 1 aliphatic rings. The first-order valence-electron chi connectivity index (χ1n) is 9.61. The van der Waals surface area contributed by atoms with Crippen molar-refractivity contribution in [1.29, 1.82) is 0 Å². The van der Waals surface area contributed by atoms with Gasteiger partial charge >= 0.3 is 0 Å². The van der Waals surface area contributed by atoms with Crippen LogP contribution < -0.4 is 15.4 Å². The number of nitro benzene ring substituents is 1. The number of nitro groups is 1. The van der Waals surface area contributed by atoms with Crippen molar-refractivity contribution >= 4 is 35.6 Å². The van der Waals surface area contributed by atoms with Gasteiger partial charge in [-0.3, -0.25) is 10.1 Å². The van der Waals surface area contributed by atoms with E-state index in [1.165, 1.54) is 12.1 Å². The second-order valence-electron chi connectivity index (χ2n) is 6.86. The van der Waals surface area contributed by atoms with Gasteiger partial charge in [0, 0.05) is 43.3 Å². The summed E-state index contributed by atoms with van der Waals surface area (Å²) in [6.45, 7) is 3.32. The minimum Gasteiger partial charge on any atom is -0.496 e. The Morgan fingerprint density at radius 3 is 2.67 bits per heavy atom. The zero-order valence-electron chi connectivity index (χ0n) is 16.9. The Morgan fingerprint density at radius 2 is 2.00 bits per heavy atom. The van der Waals surface area contributed by atoms with Gasteiger partial charge in [0.1, 0.15) is 5.75 Å². The maximum atomic E-state index is 10.8. The second-order valence-corrected chi connectivity index (χ2v) is 6.86. The van der Waals surface area contributed by atoms with Gasteiger partial charge in [0.05, 0.1) is 25.2 Å². The van der Waals surface area contributed by atoms with E-state index >= 15 is 0 Å². The SMILES string of the molecule is COc1ccccc1CNC(=NCc1ccc([N+](=O)[O-])cc1)NCC1CCOC1.I. The molecule has 2 aromatic rings. The molecule has 1 aliphatic heterocycles. The molecule has 1 saturated heterocycles. The Labute approximate surface area is 193 Å². The van der Waals surface area contributed by atoms with Crippen molar-refractivity contribution in [2.75, 3.05) is 26.9 Å². The lowest BCUT2D eigenvalue weighted by molar-refractivity contribution is -0.384. The maximum Gasteiger partial charge on any atom is 0.269 e. The fourth-order valence-electron chi connectivity index (χ4n) is 3.08. The van der Waals surface area contributed by atoms with Crippen LogP contribution in [0.25, 0.3) is 0 Å². The molecule has 162 valence electrons. The Balaban J connectivity index is 0.00000320. The summed E-state index contributed by atoms with van der Waals surface area (Å²) in [5.74, 6) is 1.97. The summed E-state index contributed by atoms with van der Waals surface area (Å²) < 4.78 is 10.8. The molecule has 3 rings (SSSR count). The van der Waals surface area contributed by atoms with Crippen LogP contribution in [0.3, 0.4) is 0 Å². The van der Waals surface area contributed by atoms with E-state index in [1.54, 1.807) is 19.2 Å². The molecule has 0 radical (unpaired) electrons. The van der Waals surface area contributed by atoms with E-state index in [0.29, 0.717) is 25.0 Å². The first kappa shape index (κ1) is 23.9. The molecule has 1 atom stereocenters. The average Bonchev–Trinajstić information content (AvgIpc) is 3.27. The highest BCUT2D eigenvalue weighted by Gasteiger charge is 2.16. The summed E-state index contributed by atoms with van der Waals surface area (Å²) in [6.07, 6.45) is 1.04. The van der Waals surface area contributed by atoms with Crippen molar-refractivity contribution < 1.29 is 14.4 Å². The first-order valence-corrected chi connectivity index (χ1v) is 9.61. The van der Waals surface area contributed by atoms with Crippen molar-refractivity contribution in [3.05, 3.63) is 69.8 Å². The summed E-state index contributed by atoms with van der Waals surface area (Å²) in [5, 5.41) is 17.5. The number of benzene rings is 2. The van der Waals surface area contributed by atoms with E-state index in [0.717, 1.165) is 43.1 Å². The van der Waals surface area contributed by atoms with Crippen molar-refractivity contribution in [2.45, 2.75) is 19.5 Å². The third kappa shape index (κ3) is 7.13. The van der Waals surface area contributed by atoms with Gasteiger partial charge in [0.2, 0.25) is 0 Å². The quantitative estimate of drug-likeness (QED) is 0.180. The van der Waals surface area contributed by atoms with Crippen LogP contribution in [-0.2, 0) is 17.8 Å². The number of ether oxygens (including phenoxy) is 2. The van der Waals surface area contributed by atoms with E-state index in [2.05, 4.69) is 15.6 Å². The first-order chi connectivity index (χ1) is 14.2. The van der Waals surface area contributed by atoms with Crippen LogP contribution in [0.1, 0.15) is 17.5 Å². The van der Waals surface area contributed by atoms with Crippen molar-refractivity contribution in [3.8, 4) is 5.75 Å². The molecular formula is C21H27IN4O4. The van der Waals surface area contributed by atoms with E-state index in [9.17, 15) is 10.1 Å². The van der Waals surface area contributed by atoms with Gasteiger partial charge in [0.25, 0.3) is 5.69 Å². The van der Waals surface area contributed by atoms with Crippen molar-refractivity contribution in [2.24, 2.45) is 10.9 Å². The molecule has 1 fully saturated rings. The number of halogens is 1. The lowest BCUT2D eigenvalue weighted by Crippen LogP contribution is -2.39. The summed E-state index contributed by atoms with van der Waals surface area (Å²) in [6, 6.07) is 14.3. The van der Waals surface area contributed by atoms with Gasteiger partial charge < -0.3 is 20.1 Å². The number of guanidine groups is 1. The van der Waals surface area contributed by atoms with Gasteiger partial charge in [-0.25, -0.2) is 4.99 Å². The molecule has 2 aromatic carbocycles. The third-order valence-corrected chi connectivity index (χ3v) is 4.79. The van der Waals surface area contributed by atoms with Gasteiger partial charge in [-0.2, -0.15) is 0 Å². The van der Waals surface area contributed by atoms with Crippen LogP contribution in [0.15, 0.2) is 53.5 Å². The van der Waals surface area contributed by atoms with Crippen molar-refractivity contribution in [3.63, 3.8) is 0 Å². The molecule has 0 saturated carbocycles. The minimum absolute atomic E-state index is 0. The average molecular weight is 526 g/mol. The molecule has 0 aromatic heterocycles. The number of hydrogen-bond acceptors (Lipinski definition) is 5. The molecule has 30 heavy (non-hydrogen) atoms. The number of methoxy groups -OCH3 is 1. The fourth-order valence-corrected chi connectivity index (χ4v) is 3.08. The normalized spacial score (nSPS) is 15.9. The highest BCUT2D eigenvalue weighted by molar-refractivity contribution is 14.0. The smallest absolute Gasteiger partial charge is 0.269 e. The predicted molar refractivity (Wildman–Crippen MR) is 126 cm³/mol. The van der Waals surface area contributed by atoms with Gasteiger partial charge in [-0.05, 0) is 18.1 Å². The maximum absolute atomic E-state index is 10.8. The van der Waals surface area contributed by atoms with Gasteiger partial charge in [0.15, 0.2) is 5.96 Å². The lowest BCUT2D eigenvalue weighted by atomic mass is 10.1. The number of nitrogens with one attached hydrogen (secondary N) is 2. The molecule has 1 heterocycles. The highest BCUT2D eigenvalue weighted by atomic mass is 127. The van der Waals surface area contributed by atoms with Gasteiger partial charge in [-0.15, -0.1) is 24.0 Å². The molecule has 0 aliphatic carbocycles. The second kappa shape index (κ2) is 12.3. The van der Waals surface area contributed by atoms with E-state index in [-0.39, 0.29) is 29.7 Å². The van der Waals surface area contributed by atoms with Crippen molar-refractivity contribution in [1.82, 2.24) is 10.6 Å². The number of aliphatic imine (C=N–C) groups is 1. The Hall–Kier alpha value is -2.40. The van der Waals surface area contributed by atoms with Crippen LogP contribution in [0.4, 0.5) is 5.69 Å². The summed E-state index contributed by atoms with van der Waals surface area (Å²) in [4.78, 5) is 15.0. The Kier molecular flexibility index (Phi) is 9.81. The largest absolute Gasteiger partial charge is 0.496 e. The molecule has 9 heteroatoms. The van der Waals surface area contributed by atoms with Crippen LogP contribution in [0, 0.1) is 16.0 Å². The molecule has 2 N–H and O–H groups in total. The summed E-state index contributed by atoms with van der Waals surface area (Å²) >= 11 is 0. The lowest BCUT2D eigenvalue weighted by Gasteiger charge is -2.16. The Morgan fingerprint density at radius 1 is 1.23 bits per heavy atom. The zero-order valence-corrected chi connectivity index (χ0v) is 19.2. The minimum atomic E-state index is -0.404. The third-order valence-electron chi connectivity index (χ3n) is 4.79. The number of non-ortho nitro benzene ring substituents is 1. The molecule has 8 nitrogen and oxygen atoms in total. The van der Waals surface area contributed by atoms with Crippen LogP contribution >= 0.6 is 24.0 Å². The standard InChI is InChI=1S/C21H26N4O4.HI/c1-28-20-5-3-2-4-18(20)14-24-21(23-13-17-10-11-29-15-17)22-12-16-6-8-19(9-7-16)25(26)27;/h2-9,17H,10-15H2,1H3,(H2,22,23,24);1H. The number of nitrogens with zero attached hydrogens (tertiary/aromatic N) is 2. The van der Waals surface area contributed by atoms with Gasteiger partial charge in [-0.1, -0.05) is 30.3 Å². The number of para-hydroxylation sites is 1. The molecule has 0 amide bonds. The Bertz CT molecular complexity index is 839. The predicted octanol–water partition coefficient (Wildman–Crippen LogP) is 3.49. The summed E-state index contributed by atoms with van der Waals surface area (Å²) in [5.41, 5.74) is 2.01. The van der Waals surface area contributed by atoms with Crippen LogP contribution in [0.5, 0.6) is 5.75 Å². The van der Waals surface area contributed by atoms with Crippen LogP contribution in [0.2, 0.25) is 0 Å². The zero-order chi connectivity index (χ0) is 20.5. The van der Waals surface area contributed by atoms with Crippen LogP contribution in [-0.4, -0.2) is 37.8 Å². The highest BCUT2D eigenvalue weighted by Crippen LogP contribution is 2.17. The molecule has 0 bridgehead atoms. The number of rotatable bonds is 8. The number of hydrogen-bond donors (Lipinski definition) is 2. The fraction of sp³-hybridized carbons (Fsp3) is 0.381. The molecule has 0 spiro atoms. The topological polar surface area (TPSA) is 98.0 Å². The van der Waals surface area contributed by atoms with E-state index in [4.69, 9.17) is 9.47 Å². The van der Waals surface area contributed by atoms with E-state index < -0.39 is 4.92 Å².